The van der Waals surface area contributed by atoms with Gasteiger partial charge in [0, 0.05) is 37.5 Å². The largest absolute Gasteiger partial charge is 0.354 e. The fourth-order valence-electron chi connectivity index (χ4n) is 4.73. The van der Waals surface area contributed by atoms with Gasteiger partial charge in [-0.05, 0) is 73.2 Å². The van der Waals surface area contributed by atoms with Crippen molar-refractivity contribution in [1.29, 1.82) is 0 Å². The number of anilines is 1. The van der Waals surface area contributed by atoms with E-state index in [9.17, 15) is 18.0 Å². The van der Waals surface area contributed by atoms with Crippen LogP contribution in [-0.4, -0.2) is 50.5 Å². The van der Waals surface area contributed by atoms with Crippen LogP contribution in [0.4, 0.5) is 5.69 Å². The van der Waals surface area contributed by atoms with Crippen molar-refractivity contribution in [2.24, 2.45) is 0 Å². The van der Waals surface area contributed by atoms with Crippen LogP contribution in [0.15, 0.2) is 72.8 Å². The number of sulfonamides is 1. The first-order valence-corrected chi connectivity index (χ1v) is 16.6. The topological polar surface area (TPSA) is 86.8 Å². The smallest absolute Gasteiger partial charge is 0.243 e. The molecule has 0 fully saturated rings. The van der Waals surface area contributed by atoms with Crippen LogP contribution in [-0.2, 0) is 32.6 Å². The van der Waals surface area contributed by atoms with Gasteiger partial charge in [-0.25, -0.2) is 8.42 Å². The van der Waals surface area contributed by atoms with E-state index >= 15 is 0 Å². The molecule has 0 saturated carbocycles. The normalized spacial score (nSPS) is 12.0. The van der Waals surface area contributed by atoms with Gasteiger partial charge in [-0.2, -0.15) is 0 Å². The molecule has 9 heteroatoms. The number of carbonyl (C=O) groups is 2. The maximum atomic E-state index is 13.9. The highest BCUT2D eigenvalue weighted by Crippen LogP contribution is 2.23. The number of halogens is 1. The van der Waals surface area contributed by atoms with Crippen molar-refractivity contribution < 1.29 is 18.0 Å². The Morgan fingerprint density at radius 3 is 2.21 bits per heavy atom. The number of rotatable bonds is 15. The van der Waals surface area contributed by atoms with Gasteiger partial charge in [-0.3, -0.25) is 13.9 Å². The molecule has 0 aromatic heterocycles. The zero-order chi connectivity index (χ0) is 30.7. The zero-order valence-corrected chi connectivity index (χ0v) is 26.5. The molecule has 226 valence electrons. The summed E-state index contributed by atoms with van der Waals surface area (Å²) in [5.74, 6) is -0.424. The van der Waals surface area contributed by atoms with Crippen molar-refractivity contribution in [1.82, 2.24) is 10.2 Å². The Morgan fingerprint density at radius 1 is 0.905 bits per heavy atom. The predicted octanol–water partition coefficient (Wildman–Crippen LogP) is 6.06. The molecule has 0 aliphatic carbocycles. The van der Waals surface area contributed by atoms with Crippen LogP contribution in [0.5, 0.6) is 0 Å². The van der Waals surface area contributed by atoms with Gasteiger partial charge < -0.3 is 10.2 Å². The summed E-state index contributed by atoms with van der Waals surface area (Å²) in [6.45, 7) is 6.87. The fourth-order valence-corrected chi connectivity index (χ4v) is 5.81. The lowest BCUT2D eigenvalue weighted by Gasteiger charge is -2.32. The minimum absolute atomic E-state index is 0.0813. The van der Waals surface area contributed by atoms with Gasteiger partial charge in [0.1, 0.15) is 6.04 Å². The molecule has 0 radical (unpaired) electrons. The second-order valence-electron chi connectivity index (χ2n) is 10.7. The van der Waals surface area contributed by atoms with Gasteiger partial charge >= 0.3 is 0 Å². The van der Waals surface area contributed by atoms with Gasteiger partial charge in [0.2, 0.25) is 21.8 Å². The van der Waals surface area contributed by atoms with Gasteiger partial charge in [-0.1, -0.05) is 73.5 Å². The Balaban J connectivity index is 1.87. The Bertz CT molecular complexity index is 1430. The molecule has 2 amide bonds. The number of hydrogen-bond donors (Lipinski definition) is 1. The summed E-state index contributed by atoms with van der Waals surface area (Å²) in [5, 5.41) is 3.60. The summed E-state index contributed by atoms with van der Waals surface area (Å²) in [5.41, 5.74) is 4.43. The first kappa shape index (κ1) is 33.1. The number of nitrogens with zero attached hydrogens (tertiary/aromatic N) is 2. The van der Waals surface area contributed by atoms with Crippen LogP contribution >= 0.6 is 11.6 Å². The SMILES string of the molecule is CCCCNC(=O)[C@H](Cc1ccccc1)N(Cc1ccc(Cl)cc1)C(=O)CCCN(c1ccc(C)c(C)c1)S(C)(=O)=O. The van der Waals surface area contributed by atoms with E-state index in [1.54, 1.807) is 23.1 Å². The minimum atomic E-state index is -3.57. The molecule has 0 heterocycles. The molecule has 0 aliphatic rings. The molecule has 1 N–H and O–H groups in total. The number of aryl methyl sites for hydroxylation is 2. The molecule has 0 unspecified atom stereocenters. The van der Waals surface area contributed by atoms with Crippen molar-refractivity contribution in [2.45, 2.75) is 65.5 Å². The summed E-state index contributed by atoms with van der Waals surface area (Å²) in [6.07, 6.45) is 3.69. The molecule has 0 spiro atoms. The molecule has 3 rings (SSSR count). The standard InChI is InChI=1S/C33H42ClN3O4S/c1-5-6-20-35-33(39)31(23-27-11-8-7-9-12-27)36(24-28-15-17-29(34)18-16-28)32(38)13-10-21-37(42(4,40)41)30-19-14-25(2)26(3)22-30/h7-9,11-12,14-19,22,31H,5-6,10,13,20-21,23-24H2,1-4H3,(H,35,39)/t31-/m0/s1. The van der Waals surface area contributed by atoms with E-state index in [2.05, 4.69) is 12.2 Å². The zero-order valence-electron chi connectivity index (χ0n) is 25.0. The average Bonchev–Trinajstić information content (AvgIpc) is 2.95. The molecule has 0 bridgehead atoms. The highest BCUT2D eigenvalue weighted by Gasteiger charge is 2.30. The van der Waals surface area contributed by atoms with Crippen molar-refractivity contribution in [3.8, 4) is 0 Å². The van der Waals surface area contributed by atoms with E-state index in [0.29, 0.717) is 30.1 Å². The van der Waals surface area contributed by atoms with E-state index in [4.69, 9.17) is 11.6 Å². The second kappa shape index (κ2) is 15.8. The van der Waals surface area contributed by atoms with Crippen molar-refractivity contribution in [3.63, 3.8) is 0 Å². The summed E-state index contributed by atoms with van der Waals surface area (Å²) in [4.78, 5) is 29.1. The number of carbonyl (C=O) groups excluding carboxylic acids is 2. The van der Waals surface area contributed by atoms with E-state index < -0.39 is 16.1 Å². The van der Waals surface area contributed by atoms with Gasteiger partial charge in [-0.15, -0.1) is 0 Å². The Labute approximate surface area is 255 Å². The van der Waals surface area contributed by atoms with E-state index in [1.807, 2.05) is 68.4 Å². The molecule has 1 atom stereocenters. The summed E-state index contributed by atoms with van der Waals surface area (Å²) in [6, 6.07) is 21.7. The highest BCUT2D eigenvalue weighted by molar-refractivity contribution is 7.92. The number of benzene rings is 3. The van der Waals surface area contributed by atoms with Crippen LogP contribution < -0.4 is 9.62 Å². The molecule has 7 nitrogen and oxygen atoms in total. The lowest BCUT2D eigenvalue weighted by Crippen LogP contribution is -2.50. The fraction of sp³-hybridized carbons (Fsp3) is 0.394. The van der Waals surface area contributed by atoms with Gasteiger partial charge in [0.25, 0.3) is 0 Å². The third kappa shape index (κ3) is 9.88. The maximum Gasteiger partial charge on any atom is 0.243 e. The summed E-state index contributed by atoms with van der Waals surface area (Å²) in [7, 11) is -3.57. The Kier molecular flexibility index (Phi) is 12.4. The Morgan fingerprint density at radius 2 is 1.60 bits per heavy atom. The van der Waals surface area contributed by atoms with Gasteiger partial charge in [0.15, 0.2) is 0 Å². The maximum absolute atomic E-state index is 13.9. The monoisotopic (exact) mass is 611 g/mol. The van der Waals surface area contributed by atoms with E-state index in [0.717, 1.165) is 35.1 Å². The number of hydrogen-bond acceptors (Lipinski definition) is 4. The van der Waals surface area contributed by atoms with Crippen LogP contribution in [0.1, 0.15) is 54.9 Å². The number of nitrogens with one attached hydrogen (secondary N) is 1. The van der Waals surface area contributed by atoms with E-state index in [1.165, 1.54) is 10.6 Å². The minimum Gasteiger partial charge on any atom is -0.354 e. The number of unbranched alkanes of at least 4 members (excludes halogenated alkanes) is 1. The molecular formula is C33H42ClN3O4S. The van der Waals surface area contributed by atoms with Gasteiger partial charge in [0.05, 0.1) is 11.9 Å². The molecule has 0 saturated heterocycles. The highest BCUT2D eigenvalue weighted by atomic mass is 35.5. The van der Waals surface area contributed by atoms with E-state index in [-0.39, 0.29) is 31.3 Å². The van der Waals surface area contributed by atoms with Crippen molar-refractivity contribution >= 4 is 39.1 Å². The lowest BCUT2D eigenvalue weighted by molar-refractivity contribution is -0.141. The van der Waals surface area contributed by atoms with Crippen LogP contribution in [0.2, 0.25) is 5.02 Å². The average molecular weight is 612 g/mol. The first-order chi connectivity index (χ1) is 20.0. The summed E-state index contributed by atoms with van der Waals surface area (Å²) >= 11 is 6.11. The molecule has 3 aromatic carbocycles. The van der Waals surface area contributed by atoms with Crippen molar-refractivity contribution in [2.75, 3.05) is 23.7 Å². The molecule has 3 aromatic rings. The van der Waals surface area contributed by atoms with Crippen LogP contribution in [0, 0.1) is 13.8 Å². The molecule has 42 heavy (non-hydrogen) atoms. The molecular weight excluding hydrogens is 570 g/mol. The van der Waals surface area contributed by atoms with Crippen LogP contribution in [0.3, 0.4) is 0 Å². The third-order valence-electron chi connectivity index (χ3n) is 7.30. The predicted molar refractivity (Wildman–Crippen MR) is 171 cm³/mol. The molecule has 0 aliphatic heterocycles. The lowest BCUT2D eigenvalue weighted by atomic mass is 10.0. The summed E-state index contributed by atoms with van der Waals surface area (Å²) < 4.78 is 26.7. The Hall–Kier alpha value is -3.36. The van der Waals surface area contributed by atoms with Crippen molar-refractivity contribution in [3.05, 3.63) is 100 Å². The third-order valence-corrected chi connectivity index (χ3v) is 8.74. The van der Waals surface area contributed by atoms with Crippen LogP contribution in [0.25, 0.3) is 0 Å². The second-order valence-corrected chi connectivity index (χ2v) is 13.0. The quantitative estimate of drug-likeness (QED) is 0.212. The first-order valence-electron chi connectivity index (χ1n) is 14.4. The number of amides is 2.